The largest absolute Gasteiger partial charge is 0.494 e. The Morgan fingerprint density at radius 1 is 1.50 bits per heavy atom. The summed E-state index contributed by atoms with van der Waals surface area (Å²) >= 11 is 0. The molecule has 0 aliphatic heterocycles. The molecule has 0 unspecified atom stereocenters. The van der Waals surface area contributed by atoms with Gasteiger partial charge in [-0.1, -0.05) is 0 Å². The maximum absolute atomic E-state index is 13.0. The Bertz CT molecular complexity index is 582. The number of rotatable bonds is 3. The van der Waals surface area contributed by atoms with Crippen LogP contribution in [0.25, 0.3) is 0 Å². The highest BCUT2D eigenvalue weighted by atomic mass is 19.1. The zero-order chi connectivity index (χ0) is 13.1. The molecule has 2 rings (SSSR count). The third kappa shape index (κ3) is 2.45. The number of aryl methyl sites for hydroxylation is 1. The van der Waals surface area contributed by atoms with Gasteiger partial charge in [-0.3, -0.25) is 9.89 Å². The van der Waals surface area contributed by atoms with Crippen molar-refractivity contribution < 1.29 is 13.9 Å². The number of nitrogens with one attached hydrogen (secondary N) is 2. The van der Waals surface area contributed by atoms with Gasteiger partial charge in [-0.05, 0) is 19.1 Å². The standard InChI is InChI=1S/C11H11FN4O2/c1-6-13-10(16-15-6)11(17)14-8-4-3-7(12)5-9(8)18-2/h3-5H,1-2H3,(H,14,17)(H,13,15,16). The first kappa shape index (κ1) is 12.0. The van der Waals surface area contributed by atoms with Gasteiger partial charge in [-0.15, -0.1) is 5.10 Å². The highest BCUT2D eigenvalue weighted by molar-refractivity contribution is 6.02. The topological polar surface area (TPSA) is 79.9 Å². The van der Waals surface area contributed by atoms with E-state index in [0.29, 0.717) is 11.5 Å². The van der Waals surface area contributed by atoms with E-state index < -0.39 is 11.7 Å². The van der Waals surface area contributed by atoms with E-state index >= 15 is 0 Å². The Labute approximate surface area is 102 Å². The number of amides is 1. The summed E-state index contributed by atoms with van der Waals surface area (Å²) in [6, 6.07) is 3.81. The van der Waals surface area contributed by atoms with Gasteiger partial charge < -0.3 is 10.1 Å². The van der Waals surface area contributed by atoms with Crippen LogP contribution in [-0.2, 0) is 0 Å². The van der Waals surface area contributed by atoms with Crippen molar-refractivity contribution in [1.82, 2.24) is 15.2 Å². The summed E-state index contributed by atoms with van der Waals surface area (Å²) in [5.74, 6) is -0.163. The maximum atomic E-state index is 13.0. The molecule has 7 heteroatoms. The molecule has 1 heterocycles. The van der Waals surface area contributed by atoms with Crippen LogP contribution in [0, 0.1) is 12.7 Å². The van der Waals surface area contributed by atoms with Crippen LogP contribution in [0.15, 0.2) is 18.2 Å². The van der Waals surface area contributed by atoms with Gasteiger partial charge >= 0.3 is 0 Å². The number of hydrogen-bond acceptors (Lipinski definition) is 4. The second-order valence-corrected chi connectivity index (χ2v) is 3.54. The quantitative estimate of drug-likeness (QED) is 0.865. The van der Waals surface area contributed by atoms with Gasteiger partial charge in [0.25, 0.3) is 5.91 Å². The summed E-state index contributed by atoms with van der Waals surface area (Å²) < 4.78 is 17.9. The number of H-pyrrole nitrogens is 1. The zero-order valence-electron chi connectivity index (χ0n) is 9.82. The van der Waals surface area contributed by atoms with Crippen LogP contribution >= 0.6 is 0 Å². The third-order valence-electron chi connectivity index (χ3n) is 2.21. The number of nitrogens with zero attached hydrogens (tertiary/aromatic N) is 2. The number of anilines is 1. The average Bonchev–Trinajstić information content (AvgIpc) is 2.78. The predicted octanol–water partition coefficient (Wildman–Crippen LogP) is 1.51. The number of aromatic nitrogens is 3. The van der Waals surface area contributed by atoms with Crippen molar-refractivity contribution in [1.29, 1.82) is 0 Å². The fourth-order valence-electron chi connectivity index (χ4n) is 1.39. The lowest BCUT2D eigenvalue weighted by atomic mass is 10.3. The summed E-state index contributed by atoms with van der Waals surface area (Å²) in [4.78, 5) is 15.7. The number of carbonyl (C=O) groups is 1. The second-order valence-electron chi connectivity index (χ2n) is 3.54. The molecule has 0 fully saturated rings. The first-order chi connectivity index (χ1) is 8.60. The van der Waals surface area contributed by atoms with E-state index in [2.05, 4.69) is 20.5 Å². The molecule has 18 heavy (non-hydrogen) atoms. The van der Waals surface area contributed by atoms with E-state index in [1.807, 2.05) is 0 Å². The predicted molar refractivity (Wildman–Crippen MR) is 62.0 cm³/mol. The number of ether oxygens (including phenoxy) is 1. The van der Waals surface area contributed by atoms with Crippen molar-refractivity contribution in [3.05, 3.63) is 35.7 Å². The van der Waals surface area contributed by atoms with Crippen molar-refractivity contribution in [3.8, 4) is 5.75 Å². The van der Waals surface area contributed by atoms with Gasteiger partial charge in [0, 0.05) is 6.07 Å². The minimum Gasteiger partial charge on any atom is -0.494 e. The molecule has 0 bridgehead atoms. The van der Waals surface area contributed by atoms with Gasteiger partial charge in [0.2, 0.25) is 5.82 Å². The molecule has 0 saturated carbocycles. The Hall–Kier alpha value is -2.44. The molecule has 0 saturated heterocycles. The Kier molecular flexibility index (Phi) is 3.22. The lowest BCUT2D eigenvalue weighted by molar-refractivity contribution is 0.101. The van der Waals surface area contributed by atoms with Crippen LogP contribution in [0.1, 0.15) is 16.4 Å². The molecule has 2 aromatic rings. The van der Waals surface area contributed by atoms with Gasteiger partial charge in [0.15, 0.2) is 0 Å². The molecule has 0 aliphatic rings. The second kappa shape index (κ2) is 4.82. The van der Waals surface area contributed by atoms with E-state index in [0.717, 1.165) is 0 Å². The van der Waals surface area contributed by atoms with E-state index in [9.17, 15) is 9.18 Å². The molecule has 6 nitrogen and oxygen atoms in total. The van der Waals surface area contributed by atoms with E-state index in [-0.39, 0.29) is 11.6 Å². The van der Waals surface area contributed by atoms with Crippen molar-refractivity contribution in [2.45, 2.75) is 6.92 Å². The minimum atomic E-state index is -0.496. The first-order valence-corrected chi connectivity index (χ1v) is 5.14. The number of methoxy groups -OCH3 is 1. The molecule has 2 N–H and O–H groups in total. The lowest BCUT2D eigenvalue weighted by Crippen LogP contribution is -2.14. The van der Waals surface area contributed by atoms with Crippen LogP contribution < -0.4 is 10.1 Å². The van der Waals surface area contributed by atoms with Crippen LogP contribution in [-0.4, -0.2) is 28.2 Å². The number of halogens is 1. The number of hydrogen-bond donors (Lipinski definition) is 2. The van der Waals surface area contributed by atoms with Gasteiger partial charge in [0.05, 0.1) is 12.8 Å². The van der Waals surface area contributed by atoms with E-state index in [4.69, 9.17) is 4.74 Å². The van der Waals surface area contributed by atoms with E-state index in [1.54, 1.807) is 6.92 Å². The smallest absolute Gasteiger partial charge is 0.295 e. The lowest BCUT2D eigenvalue weighted by Gasteiger charge is -2.08. The van der Waals surface area contributed by atoms with Gasteiger partial charge in [0.1, 0.15) is 17.4 Å². The monoisotopic (exact) mass is 250 g/mol. The molecule has 1 amide bonds. The molecular weight excluding hydrogens is 239 g/mol. The van der Waals surface area contributed by atoms with E-state index in [1.165, 1.54) is 25.3 Å². The number of aromatic amines is 1. The van der Waals surface area contributed by atoms with Crippen LogP contribution in [0.2, 0.25) is 0 Å². The average molecular weight is 250 g/mol. The molecule has 0 aliphatic carbocycles. The van der Waals surface area contributed by atoms with Crippen molar-refractivity contribution >= 4 is 11.6 Å². The molecule has 1 aromatic heterocycles. The summed E-state index contributed by atoms with van der Waals surface area (Å²) in [6.45, 7) is 1.68. The molecule has 94 valence electrons. The Morgan fingerprint density at radius 2 is 2.28 bits per heavy atom. The van der Waals surface area contributed by atoms with Crippen molar-refractivity contribution in [2.24, 2.45) is 0 Å². The molecular formula is C11H11FN4O2. The number of benzene rings is 1. The highest BCUT2D eigenvalue weighted by Gasteiger charge is 2.14. The third-order valence-corrected chi connectivity index (χ3v) is 2.21. The maximum Gasteiger partial charge on any atom is 0.295 e. The molecule has 0 spiro atoms. The fourth-order valence-corrected chi connectivity index (χ4v) is 1.39. The first-order valence-electron chi connectivity index (χ1n) is 5.14. The summed E-state index contributed by atoms with van der Waals surface area (Å²) in [5.41, 5.74) is 0.353. The summed E-state index contributed by atoms with van der Waals surface area (Å²) in [7, 11) is 1.39. The van der Waals surface area contributed by atoms with Gasteiger partial charge in [-0.25, -0.2) is 9.37 Å². The van der Waals surface area contributed by atoms with Crippen LogP contribution in [0.3, 0.4) is 0 Å². The molecule has 1 aromatic carbocycles. The normalized spacial score (nSPS) is 10.2. The SMILES string of the molecule is COc1cc(F)ccc1NC(=O)c1n[nH]c(C)n1. The minimum absolute atomic E-state index is 0.0129. The summed E-state index contributed by atoms with van der Waals surface area (Å²) in [6.07, 6.45) is 0. The Morgan fingerprint density at radius 3 is 2.89 bits per heavy atom. The van der Waals surface area contributed by atoms with Crippen molar-refractivity contribution in [2.75, 3.05) is 12.4 Å². The molecule has 0 radical (unpaired) electrons. The highest BCUT2D eigenvalue weighted by Crippen LogP contribution is 2.25. The van der Waals surface area contributed by atoms with Gasteiger partial charge in [-0.2, -0.15) is 0 Å². The fraction of sp³-hybridized carbons (Fsp3) is 0.182. The Balaban J connectivity index is 2.21. The number of carbonyl (C=O) groups excluding carboxylic acids is 1. The summed E-state index contributed by atoms with van der Waals surface area (Å²) in [5, 5.41) is 8.82. The van der Waals surface area contributed by atoms with Crippen LogP contribution in [0.4, 0.5) is 10.1 Å². The molecule has 0 atom stereocenters. The zero-order valence-corrected chi connectivity index (χ0v) is 9.82. The van der Waals surface area contributed by atoms with Crippen molar-refractivity contribution in [3.63, 3.8) is 0 Å². The van der Waals surface area contributed by atoms with Crippen LogP contribution in [0.5, 0.6) is 5.75 Å².